The fourth-order valence-corrected chi connectivity index (χ4v) is 3.86. The lowest BCUT2D eigenvalue weighted by Crippen LogP contribution is -2.25. The summed E-state index contributed by atoms with van der Waals surface area (Å²) >= 11 is 6.12. The third-order valence-electron chi connectivity index (χ3n) is 5.14. The highest BCUT2D eigenvalue weighted by molar-refractivity contribution is 6.33. The molecule has 1 aliphatic rings. The van der Waals surface area contributed by atoms with Gasteiger partial charge in [-0.25, -0.2) is 5.43 Å². The van der Waals surface area contributed by atoms with Crippen molar-refractivity contribution in [3.63, 3.8) is 0 Å². The molecule has 0 saturated heterocycles. The van der Waals surface area contributed by atoms with Crippen LogP contribution in [0.15, 0.2) is 90.0 Å². The average Bonchev–Trinajstić information content (AvgIpc) is 3.48. The van der Waals surface area contributed by atoms with E-state index in [0.717, 1.165) is 23.1 Å². The van der Waals surface area contributed by atoms with Crippen molar-refractivity contribution in [2.45, 2.75) is 11.8 Å². The number of nitrogens with zero attached hydrogens (tertiary/aromatic N) is 1. The monoisotopic (exact) mass is 374 g/mol. The fourth-order valence-electron chi connectivity index (χ4n) is 3.68. The summed E-state index contributed by atoms with van der Waals surface area (Å²) in [6, 6.07) is 27.8. The zero-order valence-electron chi connectivity index (χ0n) is 14.7. The Hall–Kier alpha value is -2.91. The lowest BCUT2D eigenvalue weighted by molar-refractivity contribution is -0.122. The SMILES string of the molecule is O=C(N/N=C\c1ccccc1Cl)[C@@H]1CC1(c1ccccc1)c1ccccc1. The summed E-state index contributed by atoms with van der Waals surface area (Å²) in [5.41, 5.74) is 5.49. The number of benzene rings is 3. The standard InChI is InChI=1S/C23H19ClN2O/c24-21-14-8-7-9-17(21)16-25-26-22(27)20-15-23(20,18-10-3-1-4-11-18)19-12-5-2-6-13-19/h1-14,16,20H,15H2,(H,26,27)/b25-16-/t20-/m0/s1. The molecule has 4 heteroatoms. The van der Waals surface area contributed by atoms with E-state index >= 15 is 0 Å². The number of hydrazone groups is 1. The first-order valence-corrected chi connectivity index (χ1v) is 9.28. The van der Waals surface area contributed by atoms with Crippen molar-refractivity contribution in [3.8, 4) is 0 Å². The molecule has 3 aromatic carbocycles. The first kappa shape index (κ1) is 17.5. The second-order valence-electron chi connectivity index (χ2n) is 6.72. The van der Waals surface area contributed by atoms with E-state index in [0.29, 0.717) is 5.02 Å². The van der Waals surface area contributed by atoms with Crippen molar-refractivity contribution in [2.75, 3.05) is 0 Å². The third kappa shape index (κ3) is 3.38. The molecule has 3 nitrogen and oxygen atoms in total. The summed E-state index contributed by atoms with van der Waals surface area (Å²) in [6.07, 6.45) is 2.35. The number of amides is 1. The molecule has 0 spiro atoms. The Morgan fingerprint density at radius 1 is 0.926 bits per heavy atom. The molecule has 1 atom stereocenters. The molecular weight excluding hydrogens is 356 g/mol. The van der Waals surface area contributed by atoms with Crippen molar-refractivity contribution in [3.05, 3.63) is 107 Å². The normalized spacial score (nSPS) is 17.6. The van der Waals surface area contributed by atoms with Crippen LogP contribution >= 0.6 is 11.6 Å². The van der Waals surface area contributed by atoms with E-state index in [1.165, 1.54) is 0 Å². The number of carbonyl (C=O) groups is 1. The van der Waals surface area contributed by atoms with Gasteiger partial charge in [-0.3, -0.25) is 4.79 Å². The number of rotatable bonds is 5. The van der Waals surface area contributed by atoms with Crippen LogP contribution in [0.25, 0.3) is 0 Å². The molecule has 0 aromatic heterocycles. The van der Waals surface area contributed by atoms with Gasteiger partial charge in [-0.15, -0.1) is 0 Å². The van der Waals surface area contributed by atoms with Crippen LogP contribution in [-0.2, 0) is 10.2 Å². The molecule has 3 aromatic rings. The van der Waals surface area contributed by atoms with Crippen LogP contribution in [0.5, 0.6) is 0 Å². The number of halogens is 1. The van der Waals surface area contributed by atoms with Gasteiger partial charge in [-0.2, -0.15) is 5.10 Å². The molecular formula is C23H19ClN2O. The minimum atomic E-state index is -0.285. The van der Waals surface area contributed by atoms with Gasteiger partial charge in [-0.1, -0.05) is 90.5 Å². The third-order valence-corrected chi connectivity index (χ3v) is 5.48. The molecule has 0 radical (unpaired) electrons. The number of hydrogen-bond donors (Lipinski definition) is 1. The molecule has 1 amide bonds. The first-order valence-electron chi connectivity index (χ1n) is 8.90. The molecule has 1 saturated carbocycles. The van der Waals surface area contributed by atoms with Crippen LogP contribution in [0.1, 0.15) is 23.1 Å². The van der Waals surface area contributed by atoms with Crippen LogP contribution in [0.4, 0.5) is 0 Å². The molecule has 0 unspecified atom stereocenters. The molecule has 1 fully saturated rings. The largest absolute Gasteiger partial charge is 0.273 e. The lowest BCUT2D eigenvalue weighted by atomic mass is 9.85. The maximum Gasteiger partial charge on any atom is 0.244 e. The van der Waals surface area contributed by atoms with Crippen molar-refractivity contribution in [2.24, 2.45) is 11.0 Å². The van der Waals surface area contributed by atoms with E-state index in [1.54, 1.807) is 12.3 Å². The zero-order chi connectivity index (χ0) is 18.7. The highest BCUT2D eigenvalue weighted by atomic mass is 35.5. The van der Waals surface area contributed by atoms with Gasteiger partial charge in [0.15, 0.2) is 0 Å². The maximum absolute atomic E-state index is 12.8. The first-order chi connectivity index (χ1) is 13.2. The van der Waals surface area contributed by atoms with Gasteiger partial charge in [0.1, 0.15) is 0 Å². The number of carbonyl (C=O) groups excluding carboxylic acids is 1. The van der Waals surface area contributed by atoms with Crippen LogP contribution in [0, 0.1) is 5.92 Å². The average molecular weight is 375 g/mol. The molecule has 0 heterocycles. The highest BCUT2D eigenvalue weighted by Gasteiger charge is 2.60. The van der Waals surface area contributed by atoms with Crippen LogP contribution < -0.4 is 5.43 Å². The van der Waals surface area contributed by atoms with Crippen molar-refractivity contribution >= 4 is 23.7 Å². The topological polar surface area (TPSA) is 41.5 Å². The van der Waals surface area contributed by atoms with Crippen LogP contribution in [0.2, 0.25) is 5.02 Å². The van der Waals surface area contributed by atoms with Crippen LogP contribution in [-0.4, -0.2) is 12.1 Å². The quantitative estimate of drug-likeness (QED) is 0.506. The van der Waals surface area contributed by atoms with Crippen LogP contribution in [0.3, 0.4) is 0 Å². The summed E-state index contributed by atoms with van der Waals surface area (Å²) in [4.78, 5) is 12.8. The maximum atomic E-state index is 12.8. The molecule has 1 N–H and O–H groups in total. The molecule has 0 aliphatic heterocycles. The van der Waals surface area contributed by atoms with E-state index in [9.17, 15) is 4.79 Å². The van der Waals surface area contributed by atoms with E-state index in [-0.39, 0.29) is 17.2 Å². The minimum absolute atomic E-state index is 0.0778. The van der Waals surface area contributed by atoms with Gasteiger partial charge in [0.25, 0.3) is 0 Å². The van der Waals surface area contributed by atoms with Gasteiger partial charge < -0.3 is 0 Å². The molecule has 4 rings (SSSR count). The van der Waals surface area contributed by atoms with E-state index in [4.69, 9.17) is 11.6 Å². The zero-order valence-corrected chi connectivity index (χ0v) is 15.4. The van der Waals surface area contributed by atoms with Crippen molar-refractivity contribution < 1.29 is 4.79 Å². The summed E-state index contributed by atoms with van der Waals surface area (Å²) < 4.78 is 0. The van der Waals surface area contributed by atoms with Gasteiger partial charge in [0.2, 0.25) is 5.91 Å². The Morgan fingerprint density at radius 3 is 2.07 bits per heavy atom. The van der Waals surface area contributed by atoms with E-state index in [1.807, 2.05) is 54.6 Å². The summed E-state index contributed by atoms with van der Waals surface area (Å²) in [5.74, 6) is -0.225. The minimum Gasteiger partial charge on any atom is -0.273 e. The smallest absolute Gasteiger partial charge is 0.244 e. The Balaban J connectivity index is 1.55. The Bertz CT molecular complexity index is 930. The summed E-state index contributed by atoms with van der Waals surface area (Å²) in [5, 5.41) is 4.71. The Kier molecular flexibility index (Phi) is 4.78. The molecule has 1 aliphatic carbocycles. The number of hydrogen-bond acceptors (Lipinski definition) is 2. The van der Waals surface area contributed by atoms with Crippen molar-refractivity contribution in [1.29, 1.82) is 0 Å². The predicted molar refractivity (Wildman–Crippen MR) is 109 cm³/mol. The fraction of sp³-hybridized carbons (Fsp3) is 0.130. The second kappa shape index (κ2) is 7.37. The summed E-state index contributed by atoms with van der Waals surface area (Å²) in [6.45, 7) is 0. The number of nitrogens with one attached hydrogen (secondary N) is 1. The van der Waals surface area contributed by atoms with Gasteiger partial charge in [0.05, 0.1) is 12.1 Å². The summed E-state index contributed by atoms with van der Waals surface area (Å²) in [7, 11) is 0. The molecule has 0 bridgehead atoms. The lowest BCUT2D eigenvalue weighted by Gasteiger charge is -2.18. The van der Waals surface area contributed by atoms with Crippen molar-refractivity contribution in [1.82, 2.24) is 5.43 Å². The molecule has 27 heavy (non-hydrogen) atoms. The van der Waals surface area contributed by atoms with Gasteiger partial charge in [-0.05, 0) is 23.6 Å². The van der Waals surface area contributed by atoms with Gasteiger partial charge >= 0.3 is 0 Å². The Labute approximate surface area is 163 Å². The second-order valence-corrected chi connectivity index (χ2v) is 7.12. The van der Waals surface area contributed by atoms with E-state index in [2.05, 4.69) is 34.8 Å². The highest BCUT2D eigenvalue weighted by Crippen LogP contribution is 2.58. The molecule has 134 valence electrons. The van der Waals surface area contributed by atoms with Gasteiger partial charge in [0, 0.05) is 16.0 Å². The van der Waals surface area contributed by atoms with E-state index < -0.39 is 0 Å². The Morgan fingerprint density at radius 2 is 1.48 bits per heavy atom. The predicted octanol–water partition coefficient (Wildman–Crippen LogP) is 4.80.